The number of ether oxygens (including phenoxy) is 1. The van der Waals surface area contributed by atoms with Crippen LogP contribution in [0.15, 0.2) is 47.6 Å². The number of rotatable bonds is 7. The lowest BCUT2D eigenvalue weighted by Crippen LogP contribution is -2.38. The van der Waals surface area contributed by atoms with E-state index >= 15 is 0 Å². The third-order valence-corrected chi connectivity index (χ3v) is 3.76. The minimum Gasteiger partial charge on any atom is -0.468 e. The van der Waals surface area contributed by atoms with E-state index in [9.17, 15) is 13.2 Å². The van der Waals surface area contributed by atoms with E-state index in [0.29, 0.717) is 23.1 Å². The van der Waals surface area contributed by atoms with Crippen LogP contribution in [-0.4, -0.2) is 37.3 Å². The number of hydrogen-bond acceptors (Lipinski definition) is 3. The van der Waals surface area contributed by atoms with Gasteiger partial charge >= 0.3 is 6.18 Å². The van der Waals surface area contributed by atoms with Crippen molar-refractivity contribution in [3.8, 4) is 5.88 Å². The minimum absolute atomic E-state index is 0.0565. The second-order valence-corrected chi connectivity index (χ2v) is 6.04. The topological polar surface area (TPSA) is 58.5 Å². The summed E-state index contributed by atoms with van der Waals surface area (Å²) in [6, 6.07) is 10.8. The number of alkyl halides is 3. The summed E-state index contributed by atoms with van der Waals surface area (Å²) >= 11 is 5.86. The molecular weight excluding hydrogens is 381 g/mol. The van der Waals surface area contributed by atoms with E-state index in [2.05, 4.69) is 20.6 Å². The maximum atomic E-state index is 12.3. The highest BCUT2D eigenvalue weighted by molar-refractivity contribution is 6.30. The first-order valence-electron chi connectivity index (χ1n) is 8.20. The summed E-state index contributed by atoms with van der Waals surface area (Å²) in [6.45, 7) is -0.529. The maximum Gasteiger partial charge on any atom is 0.422 e. The molecule has 0 fully saturated rings. The van der Waals surface area contributed by atoms with E-state index in [0.717, 1.165) is 12.0 Å². The Morgan fingerprint density at radius 3 is 2.59 bits per heavy atom. The second-order valence-electron chi connectivity index (χ2n) is 5.60. The second kappa shape index (κ2) is 10.0. The molecule has 2 aromatic rings. The van der Waals surface area contributed by atoms with E-state index in [1.54, 1.807) is 19.2 Å². The van der Waals surface area contributed by atoms with Crippen LogP contribution in [0, 0.1) is 0 Å². The van der Waals surface area contributed by atoms with Crippen molar-refractivity contribution in [2.24, 2.45) is 4.99 Å². The largest absolute Gasteiger partial charge is 0.468 e. The van der Waals surface area contributed by atoms with Crippen molar-refractivity contribution in [2.75, 3.05) is 20.2 Å². The molecule has 0 saturated heterocycles. The molecule has 0 atom stereocenters. The van der Waals surface area contributed by atoms with Gasteiger partial charge in [-0.25, -0.2) is 4.98 Å². The van der Waals surface area contributed by atoms with Gasteiger partial charge in [0.25, 0.3) is 0 Å². The lowest BCUT2D eigenvalue weighted by Gasteiger charge is -2.14. The molecule has 27 heavy (non-hydrogen) atoms. The number of pyridine rings is 1. The van der Waals surface area contributed by atoms with Crippen LogP contribution in [0.3, 0.4) is 0 Å². The number of halogens is 4. The van der Waals surface area contributed by atoms with Gasteiger partial charge in [-0.3, -0.25) is 4.99 Å². The van der Waals surface area contributed by atoms with Gasteiger partial charge < -0.3 is 15.4 Å². The van der Waals surface area contributed by atoms with E-state index in [4.69, 9.17) is 16.3 Å². The Morgan fingerprint density at radius 2 is 1.93 bits per heavy atom. The molecule has 0 radical (unpaired) electrons. The third-order valence-electron chi connectivity index (χ3n) is 3.51. The third kappa shape index (κ3) is 7.74. The highest BCUT2D eigenvalue weighted by atomic mass is 35.5. The Balaban J connectivity index is 1.84. The van der Waals surface area contributed by atoms with Crippen molar-refractivity contribution in [2.45, 2.75) is 19.1 Å². The Labute approximate surface area is 160 Å². The fraction of sp³-hybridized carbons (Fsp3) is 0.333. The van der Waals surface area contributed by atoms with Gasteiger partial charge in [0.1, 0.15) is 0 Å². The van der Waals surface area contributed by atoms with Crippen LogP contribution < -0.4 is 15.4 Å². The molecule has 0 spiro atoms. The van der Waals surface area contributed by atoms with Crippen molar-refractivity contribution < 1.29 is 17.9 Å². The summed E-state index contributed by atoms with van der Waals surface area (Å²) in [5.74, 6) is 0.466. The molecule has 1 aromatic heterocycles. The molecule has 0 saturated carbocycles. The minimum atomic E-state index is -4.42. The molecule has 5 nitrogen and oxygen atoms in total. The van der Waals surface area contributed by atoms with Crippen molar-refractivity contribution >= 4 is 17.6 Å². The average molecular weight is 401 g/mol. The fourth-order valence-electron chi connectivity index (χ4n) is 2.21. The molecule has 0 aliphatic rings. The van der Waals surface area contributed by atoms with E-state index < -0.39 is 12.8 Å². The van der Waals surface area contributed by atoms with E-state index in [1.165, 1.54) is 6.20 Å². The van der Waals surface area contributed by atoms with Crippen LogP contribution in [0.2, 0.25) is 5.02 Å². The highest BCUT2D eigenvalue weighted by Gasteiger charge is 2.29. The quantitative estimate of drug-likeness (QED) is 0.551. The lowest BCUT2D eigenvalue weighted by molar-refractivity contribution is -0.154. The van der Waals surface area contributed by atoms with Crippen molar-refractivity contribution in [3.63, 3.8) is 0 Å². The Morgan fingerprint density at radius 1 is 1.19 bits per heavy atom. The standard InChI is InChI=1S/C18H20ClF3N4O/c1-23-17(25-10-8-13-4-6-15(19)7-5-13)26-11-14-3-2-9-24-16(14)27-12-18(20,21)22/h2-7,9H,8,10-12H2,1H3,(H2,23,25,26). The monoisotopic (exact) mass is 400 g/mol. The molecule has 0 aliphatic carbocycles. The molecule has 2 N–H and O–H groups in total. The van der Waals surface area contributed by atoms with E-state index in [1.807, 2.05) is 24.3 Å². The fourth-order valence-corrected chi connectivity index (χ4v) is 2.34. The van der Waals surface area contributed by atoms with Gasteiger partial charge in [-0.15, -0.1) is 0 Å². The first-order chi connectivity index (χ1) is 12.9. The lowest BCUT2D eigenvalue weighted by atomic mass is 10.1. The first kappa shape index (κ1) is 20.8. The molecule has 1 aromatic carbocycles. The summed E-state index contributed by atoms with van der Waals surface area (Å²) in [6.07, 6.45) is -2.26. The van der Waals surface area contributed by atoms with Gasteiger partial charge in [0.15, 0.2) is 12.6 Å². The van der Waals surface area contributed by atoms with Crippen LogP contribution >= 0.6 is 11.6 Å². The molecule has 1 heterocycles. The zero-order valence-electron chi connectivity index (χ0n) is 14.7. The molecule has 9 heteroatoms. The first-order valence-corrected chi connectivity index (χ1v) is 8.57. The zero-order valence-corrected chi connectivity index (χ0v) is 15.4. The number of nitrogens with one attached hydrogen (secondary N) is 2. The molecule has 0 unspecified atom stereocenters. The van der Waals surface area contributed by atoms with Gasteiger partial charge in [0.2, 0.25) is 5.88 Å². The summed E-state index contributed by atoms with van der Waals surface area (Å²) in [5, 5.41) is 6.86. The smallest absolute Gasteiger partial charge is 0.422 e. The van der Waals surface area contributed by atoms with Crippen LogP contribution in [0.1, 0.15) is 11.1 Å². The summed E-state index contributed by atoms with van der Waals surface area (Å²) in [7, 11) is 1.61. The Hall–Kier alpha value is -2.48. The summed E-state index contributed by atoms with van der Waals surface area (Å²) < 4.78 is 41.8. The number of nitrogens with zero attached hydrogens (tertiary/aromatic N) is 2. The summed E-state index contributed by atoms with van der Waals surface area (Å²) in [5.41, 5.74) is 1.62. The van der Waals surface area contributed by atoms with Crippen molar-refractivity contribution in [3.05, 3.63) is 58.7 Å². The number of aromatic nitrogens is 1. The predicted octanol–water partition coefficient (Wildman–Crippen LogP) is 3.58. The Kier molecular flexibility index (Phi) is 7.72. The number of aliphatic imine (C=N–C) groups is 1. The van der Waals surface area contributed by atoms with Crippen LogP contribution in [0.25, 0.3) is 0 Å². The van der Waals surface area contributed by atoms with Gasteiger partial charge in [-0.05, 0) is 30.2 Å². The van der Waals surface area contributed by atoms with Crippen molar-refractivity contribution in [1.29, 1.82) is 0 Å². The van der Waals surface area contributed by atoms with Crippen LogP contribution in [-0.2, 0) is 13.0 Å². The number of guanidine groups is 1. The van der Waals surface area contributed by atoms with Crippen LogP contribution in [0.5, 0.6) is 5.88 Å². The summed E-state index contributed by atoms with van der Waals surface area (Å²) in [4.78, 5) is 7.96. The Bertz CT molecular complexity index is 751. The molecule has 2 rings (SSSR count). The van der Waals surface area contributed by atoms with E-state index in [-0.39, 0.29) is 12.4 Å². The number of benzene rings is 1. The highest BCUT2D eigenvalue weighted by Crippen LogP contribution is 2.19. The molecule has 146 valence electrons. The van der Waals surface area contributed by atoms with Gasteiger partial charge in [0, 0.05) is 36.9 Å². The normalized spacial score (nSPS) is 12.0. The molecule has 0 aliphatic heterocycles. The molecular formula is C18H20ClF3N4O. The van der Waals surface area contributed by atoms with Crippen LogP contribution in [0.4, 0.5) is 13.2 Å². The zero-order chi connectivity index (χ0) is 19.7. The van der Waals surface area contributed by atoms with Gasteiger partial charge in [0.05, 0.1) is 0 Å². The van der Waals surface area contributed by atoms with Gasteiger partial charge in [-0.2, -0.15) is 13.2 Å². The predicted molar refractivity (Wildman–Crippen MR) is 99.1 cm³/mol. The number of hydrogen-bond donors (Lipinski definition) is 2. The molecule has 0 bridgehead atoms. The van der Waals surface area contributed by atoms with Crippen molar-refractivity contribution in [1.82, 2.24) is 15.6 Å². The van der Waals surface area contributed by atoms with Gasteiger partial charge in [-0.1, -0.05) is 29.8 Å². The molecule has 0 amide bonds. The average Bonchev–Trinajstić information content (AvgIpc) is 2.64. The maximum absolute atomic E-state index is 12.3. The SMILES string of the molecule is CN=C(NCCc1ccc(Cl)cc1)NCc1cccnc1OCC(F)(F)F.